The summed E-state index contributed by atoms with van der Waals surface area (Å²) in [4.78, 5) is 65.0. The molecule has 3 rings (SSSR count). The molecule has 0 spiro atoms. The fraction of sp³-hybridized carbons (Fsp3) is 0.708. The number of hydrogen-bond donors (Lipinski definition) is 2. The van der Waals surface area contributed by atoms with Crippen LogP contribution in [0.15, 0.2) is 12.7 Å². The quantitative estimate of drug-likeness (QED) is 0.419. The normalized spacial score (nSPS) is 27.6. The lowest BCUT2D eigenvalue weighted by Crippen LogP contribution is -2.59. The van der Waals surface area contributed by atoms with E-state index in [9.17, 15) is 24.0 Å². The number of hydrogen-bond acceptors (Lipinski definition) is 7. The summed E-state index contributed by atoms with van der Waals surface area (Å²) in [5.74, 6) is -2.34. The minimum Gasteiger partial charge on any atom is -0.467 e. The third kappa shape index (κ3) is 5.26. The van der Waals surface area contributed by atoms with Crippen molar-refractivity contribution in [3.63, 3.8) is 0 Å². The summed E-state index contributed by atoms with van der Waals surface area (Å²) < 4.78 is 10.3. The minimum atomic E-state index is -1.24. The maximum absolute atomic E-state index is 13.5. The van der Waals surface area contributed by atoms with E-state index < -0.39 is 46.9 Å². The number of alkyl carbamates (subject to hydrolysis) is 1. The summed E-state index contributed by atoms with van der Waals surface area (Å²) in [5.41, 5.74) is -1.95. The molecule has 3 aliphatic rings. The Morgan fingerprint density at radius 3 is 2.38 bits per heavy atom. The van der Waals surface area contributed by atoms with Crippen LogP contribution >= 0.6 is 0 Å². The highest BCUT2D eigenvalue weighted by Gasteiger charge is 2.62. The van der Waals surface area contributed by atoms with E-state index in [0.717, 1.165) is 25.7 Å². The van der Waals surface area contributed by atoms with Gasteiger partial charge in [0.15, 0.2) is 5.78 Å². The second-order valence-electron chi connectivity index (χ2n) is 10.5. The Kier molecular flexibility index (Phi) is 7.38. The Morgan fingerprint density at radius 2 is 1.85 bits per heavy atom. The molecule has 3 fully saturated rings. The van der Waals surface area contributed by atoms with Crippen LogP contribution in [0, 0.1) is 11.3 Å². The van der Waals surface area contributed by atoms with Gasteiger partial charge >= 0.3 is 12.1 Å². The molecule has 2 N–H and O–H groups in total. The molecule has 4 atom stereocenters. The van der Waals surface area contributed by atoms with Gasteiger partial charge in [-0.15, -0.1) is 6.58 Å². The monoisotopic (exact) mass is 477 g/mol. The van der Waals surface area contributed by atoms with Crippen molar-refractivity contribution in [2.45, 2.75) is 83.0 Å². The van der Waals surface area contributed by atoms with Crippen molar-refractivity contribution >= 4 is 29.7 Å². The fourth-order valence-corrected chi connectivity index (χ4v) is 4.77. The Morgan fingerprint density at radius 1 is 1.21 bits per heavy atom. The summed E-state index contributed by atoms with van der Waals surface area (Å²) in [6.07, 6.45) is 4.43. The summed E-state index contributed by atoms with van der Waals surface area (Å²) >= 11 is 0. The van der Waals surface area contributed by atoms with Crippen LogP contribution in [0.4, 0.5) is 4.79 Å². The fourth-order valence-electron chi connectivity index (χ4n) is 4.77. The summed E-state index contributed by atoms with van der Waals surface area (Å²) in [6, 6.07) is -2.11. The number of nitrogens with one attached hydrogen (secondary N) is 2. The largest absolute Gasteiger partial charge is 0.467 e. The molecule has 0 aromatic heterocycles. The molecule has 188 valence electrons. The first-order valence-electron chi connectivity index (χ1n) is 11.7. The number of rotatable bonds is 7. The number of amides is 3. The van der Waals surface area contributed by atoms with Gasteiger partial charge in [-0.1, -0.05) is 26.8 Å². The number of carbonyl (C=O) groups excluding carboxylic acids is 5. The van der Waals surface area contributed by atoms with Gasteiger partial charge in [-0.3, -0.25) is 14.4 Å². The topological polar surface area (TPSA) is 131 Å². The van der Waals surface area contributed by atoms with Crippen molar-refractivity contribution in [2.24, 2.45) is 11.3 Å². The number of likely N-dealkylation sites (tertiary alicyclic amines) is 1. The number of nitrogens with zero attached hydrogens (tertiary/aromatic N) is 1. The summed E-state index contributed by atoms with van der Waals surface area (Å²) in [5, 5.41) is 5.35. The van der Waals surface area contributed by atoms with Gasteiger partial charge in [-0.05, 0) is 37.5 Å². The van der Waals surface area contributed by atoms with Gasteiger partial charge in [-0.25, -0.2) is 9.59 Å². The first-order chi connectivity index (χ1) is 15.9. The molecule has 1 heterocycles. The summed E-state index contributed by atoms with van der Waals surface area (Å²) in [7, 11) is 1.23. The van der Waals surface area contributed by atoms with Gasteiger partial charge < -0.3 is 25.0 Å². The highest BCUT2D eigenvalue weighted by atomic mass is 16.6. The highest BCUT2D eigenvalue weighted by Crippen LogP contribution is 2.45. The zero-order valence-electron chi connectivity index (χ0n) is 20.3. The van der Waals surface area contributed by atoms with Gasteiger partial charge in [0.05, 0.1) is 13.7 Å². The lowest BCUT2D eigenvalue weighted by molar-refractivity contribution is -0.148. The molecule has 0 aromatic carbocycles. The highest BCUT2D eigenvalue weighted by molar-refractivity contribution is 6.02. The van der Waals surface area contributed by atoms with Crippen LogP contribution in [0.3, 0.4) is 0 Å². The maximum Gasteiger partial charge on any atom is 0.408 e. The number of ether oxygens (including phenoxy) is 2. The van der Waals surface area contributed by atoms with Crippen LogP contribution in [-0.2, 0) is 28.7 Å². The minimum absolute atomic E-state index is 0.170. The van der Waals surface area contributed by atoms with Gasteiger partial charge in [0.25, 0.3) is 0 Å². The molecule has 0 aromatic rings. The van der Waals surface area contributed by atoms with Crippen molar-refractivity contribution < 1.29 is 33.4 Å². The van der Waals surface area contributed by atoms with E-state index in [0.29, 0.717) is 6.42 Å². The Balaban J connectivity index is 1.75. The first kappa shape index (κ1) is 25.7. The predicted molar refractivity (Wildman–Crippen MR) is 121 cm³/mol. The van der Waals surface area contributed by atoms with E-state index in [4.69, 9.17) is 9.47 Å². The molecule has 10 heteroatoms. The molecule has 1 unspecified atom stereocenters. The van der Waals surface area contributed by atoms with Crippen LogP contribution in [0.1, 0.15) is 59.3 Å². The van der Waals surface area contributed by atoms with Gasteiger partial charge in [-0.2, -0.15) is 0 Å². The van der Waals surface area contributed by atoms with Gasteiger partial charge in [0.2, 0.25) is 11.8 Å². The van der Waals surface area contributed by atoms with Crippen molar-refractivity contribution in [2.75, 3.05) is 13.7 Å². The molecular formula is C24H35N3O7. The SMILES string of the molecule is C=C[C@@H]1C[C@]1(NC(=O)C1CC(=O)CN1C(=O)[C@@H](NC(=O)OC1CCCC1)C(C)(C)C)C(=O)OC. The van der Waals surface area contributed by atoms with Gasteiger partial charge in [0.1, 0.15) is 23.7 Å². The van der Waals surface area contributed by atoms with E-state index in [1.807, 2.05) is 0 Å². The number of ketones is 1. The second-order valence-corrected chi connectivity index (χ2v) is 10.5. The molecular weight excluding hydrogens is 442 g/mol. The molecule has 0 bridgehead atoms. The number of Topliss-reactive ketones (excluding diaryl/α,β-unsaturated/α-hetero) is 1. The molecule has 1 aliphatic heterocycles. The average molecular weight is 478 g/mol. The third-order valence-electron chi connectivity index (χ3n) is 6.88. The van der Waals surface area contributed by atoms with E-state index >= 15 is 0 Å². The second kappa shape index (κ2) is 9.76. The molecule has 2 aliphatic carbocycles. The molecule has 1 saturated heterocycles. The zero-order chi connectivity index (χ0) is 25.3. The molecule has 3 amide bonds. The van der Waals surface area contributed by atoms with E-state index in [-0.39, 0.29) is 30.8 Å². The van der Waals surface area contributed by atoms with Crippen molar-refractivity contribution in [1.82, 2.24) is 15.5 Å². The summed E-state index contributed by atoms with van der Waals surface area (Å²) in [6.45, 7) is 8.77. The number of carbonyl (C=O) groups is 5. The van der Waals surface area contributed by atoms with Crippen LogP contribution in [-0.4, -0.2) is 71.9 Å². The van der Waals surface area contributed by atoms with Gasteiger partial charge in [0, 0.05) is 12.3 Å². The predicted octanol–water partition coefficient (Wildman–Crippen LogP) is 1.47. The third-order valence-corrected chi connectivity index (χ3v) is 6.88. The van der Waals surface area contributed by atoms with Crippen molar-refractivity contribution in [1.29, 1.82) is 0 Å². The average Bonchev–Trinajstić information content (AvgIpc) is 3.07. The molecule has 10 nitrogen and oxygen atoms in total. The van der Waals surface area contributed by atoms with Crippen LogP contribution in [0.5, 0.6) is 0 Å². The maximum atomic E-state index is 13.5. The molecule has 2 saturated carbocycles. The zero-order valence-corrected chi connectivity index (χ0v) is 20.3. The van der Waals surface area contributed by atoms with Crippen LogP contribution in [0.2, 0.25) is 0 Å². The number of esters is 1. The van der Waals surface area contributed by atoms with Crippen LogP contribution in [0.25, 0.3) is 0 Å². The van der Waals surface area contributed by atoms with E-state index in [1.54, 1.807) is 26.8 Å². The first-order valence-corrected chi connectivity index (χ1v) is 11.7. The van der Waals surface area contributed by atoms with E-state index in [2.05, 4.69) is 17.2 Å². The Labute approximate surface area is 199 Å². The standard InChI is InChI=1S/C24H35N3O7/c1-6-14-12-24(14,21(31)33-5)26-19(29)17-11-15(28)13-27(17)20(30)18(23(2,3)4)25-22(32)34-16-9-7-8-10-16/h6,14,16-18H,1,7-13H2,2-5H3,(H,25,32)(H,26,29)/t14-,17?,18-,24-/m1/s1. The molecule has 34 heavy (non-hydrogen) atoms. The van der Waals surface area contributed by atoms with Crippen LogP contribution < -0.4 is 10.6 Å². The van der Waals surface area contributed by atoms with Crippen molar-refractivity contribution in [3.05, 3.63) is 12.7 Å². The smallest absolute Gasteiger partial charge is 0.408 e. The number of methoxy groups -OCH3 is 1. The Bertz CT molecular complexity index is 874. The lowest BCUT2D eigenvalue weighted by atomic mass is 9.85. The Hall–Kier alpha value is -2.91. The van der Waals surface area contributed by atoms with Crippen molar-refractivity contribution in [3.8, 4) is 0 Å². The van der Waals surface area contributed by atoms with E-state index in [1.165, 1.54) is 12.0 Å². The lowest BCUT2D eigenvalue weighted by Gasteiger charge is -2.35. The molecule has 0 radical (unpaired) electrons.